The molecule has 3 heteroatoms. The fourth-order valence-electron chi connectivity index (χ4n) is 2.11. The molecule has 1 radical (unpaired) electrons. The van der Waals surface area contributed by atoms with Gasteiger partial charge in [-0.25, -0.2) is 4.39 Å². The van der Waals surface area contributed by atoms with Crippen LogP contribution in [0, 0.1) is 19.2 Å². The van der Waals surface area contributed by atoms with Crippen LogP contribution < -0.4 is 9.47 Å². The lowest BCUT2D eigenvalue weighted by atomic mass is 10.0. The summed E-state index contributed by atoms with van der Waals surface area (Å²) < 4.78 is 23.7. The van der Waals surface area contributed by atoms with Crippen molar-refractivity contribution >= 4 is 0 Å². The van der Waals surface area contributed by atoms with Gasteiger partial charge in [0.15, 0.2) is 11.6 Å². The zero-order valence-corrected chi connectivity index (χ0v) is 11.9. The molecular weight excluding hydrogens is 255 g/mol. The van der Waals surface area contributed by atoms with E-state index in [2.05, 4.69) is 6.07 Å². The Morgan fingerprint density at radius 1 is 1.00 bits per heavy atom. The van der Waals surface area contributed by atoms with Crippen LogP contribution in [0.25, 0.3) is 0 Å². The van der Waals surface area contributed by atoms with Gasteiger partial charge in [0.1, 0.15) is 5.75 Å². The summed E-state index contributed by atoms with van der Waals surface area (Å²) in [6.45, 7) is 2.01. The van der Waals surface area contributed by atoms with Gasteiger partial charge < -0.3 is 9.47 Å². The van der Waals surface area contributed by atoms with Gasteiger partial charge in [-0.05, 0) is 54.7 Å². The van der Waals surface area contributed by atoms with Crippen LogP contribution in [0.3, 0.4) is 0 Å². The second-order valence-electron chi connectivity index (χ2n) is 4.61. The molecule has 2 rings (SSSR count). The maximum Gasteiger partial charge on any atom is 0.165 e. The molecule has 0 fully saturated rings. The Balaban J connectivity index is 2.05. The fourth-order valence-corrected chi connectivity index (χ4v) is 2.11. The fraction of sp³-hybridized carbons (Fsp3) is 0.235. The molecule has 0 N–H and O–H groups in total. The van der Waals surface area contributed by atoms with E-state index >= 15 is 0 Å². The monoisotopic (exact) mass is 273 g/mol. The van der Waals surface area contributed by atoms with E-state index in [1.165, 1.54) is 18.7 Å². The van der Waals surface area contributed by atoms with Gasteiger partial charge in [0, 0.05) is 0 Å². The van der Waals surface area contributed by atoms with Crippen molar-refractivity contribution in [2.24, 2.45) is 0 Å². The van der Waals surface area contributed by atoms with Gasteiger partial charge >= 0.3 is 0 Å². The summed E-state index contributed by atoms with van der Waals surface area (Å²) in [6, 6.07) is 11.0. The molecule has 0 aliphatic carbocycles. The third kappa shape index (κ3) is 3.29. The van der Waals surface area contributed by atoms with Gasteiger partial charge in [0.05, 0.1) is 14.2 Å². The zero-order chi connectivity index (χ0) is 14.5. The van der Waals surface area contributed by atoms with Crippen molar-refractivity contribution in [1.82, 2.24) is 0 Å². The van der Waals surface area contributed by atoms with Crippen molar-refractivity contribution in [3.05, 3.63) is 65.3 Å². The summed E-state index contributed by atoms with van der Waals surface area (Å²) in [5.74, 6) is 0.804. The molecule has 0 aromatic heterocycles. The standard InChI is InChI=1S/C17H18FO2/c1-12-10-13(6-8-16(12)19-2)4-5-14-7-9-17(20-3)15(18)11-14/h5-11H,4H2,1-3H3. The lowest BCUT2D eigenvalue weighted by Crippen LogP contribution is -1.94. The van der Waals surface area contributed by atoms with Crippen LogP contribution in [-0.4, -0.2) is 14.2 Å². The Kier molecular flexibility index (Phi) is 4.61. The largest absolute Gasteiger partial charge is 0.496 e. The normalized spacial score (nSPS) is 10.4. The Morgan fingerprint density at radius 2 is 1.70 bits per heavy atom. The van der Waals surface area contributed by atoms with E-state index < -0.39 is 0 Å². The van der Waals surface area contributed by atoms with Crippen molar-refractivity contribution in [3.8, 4) is 11.5 Å². The lowest BCUT2D eigenvalue weighted by Gasteiger charge is -2.08. The molecule has 105 valence electrons. The van der Waals surface area contributed by atoms with E-state index in [0.29, 0.717) is 0 Å². The molecule has 0 aliphatic rings. The highest BCUT2D eigenvalue weighted by Crippen LogP contribution is 2.22. The molecule has 0 heterocycles. The molecule has 0 unspecified atom stereocenters. The number of rotatable bonds is 5. The first-order chi connectivity index (χ1) is 9.63. The van der Waals surface area contributed by atoms with Gasteiger partial charge in [-0.2, -0.15) is 0 Å². The Hall–Kier alpha value is -2.03. The van der Waals surface area contributed by atoms with Crippen molar-refractivity contribution in [3.63, 3.8) is 0 Å². The van der Waals surface area contributed by atoms with Gasteiger partial charge in [0.2, 0.25) is 0 Å². The number of hydrogen-bond acceptors (Lipinski definition) is 2. The molecule has 2 nitrogen and oxygen atoms in total. The Morgan fingerprint density at radius 3 is 2.30 bits per heavy atom. The number of hydrogen-bond donors (Lipinski definition) is 0. The molecule has 0 atom stereocenters. The van der Waals surface area contributed by atoms with Gasteiger partial charge in [0.25, 0.3) is 0 Å². The number of methoxy groups -OCH3 is 2. The molecule has 0 spiro atoms. The molecule has 0 saturated heterocycles. The lowest BCUT2D eigenvalue weighted by molar-refractivity contribution is 0.386. The second kappa shape index (κ2) is 6.42. The highest BCUT2D eigenvalue weighted by Gasteiger charge is 2.05. The highest BCUT2D eigenvalue weighted by molar-refractivity contribution is 5.38. The molecular formula is C17H18FO2. The van der Waals surface area contributed by atoms with Crippen LogP contribution in [0.1, 0.15) is 16.7 Å². The molecule has 0 bridgehead atoms. The molecule has 2 aromatic carbocycles. The molecule has 0 amide bonds. The Labute approximate surface area is 119 Å². The van der Waals surface area contributed by atoms with Crippen LogP contribution in [0.5, 0.6) is 11.5 Å². The maximum absolute atomic E-state index is 13.6. The van der Waals surface area contributed by atoms with E-state index in [-0.39, 0.29) is 11.6 Å². The Bertz CT molecular complexity index is 540. The van der Waals surface area contributed by atoms with E-state index in [0.717, 1.165) is 23.3 Å². The van der Waals surface area contributed by atoms with Crippen LogP contribution in [0.4, 0.5) is 4.39 Å². The van der Waals surface area contributed by atoms with Crippen molar-refractivity contribution in [1.29, 1.82) is 0 Å². The van der Waals surface area contributed by atoms with E-state index in [4.69, 9.17) is 9.47 Å². The number of benzene rings is 2. The SMILES string of the molecule is COc1ccc(C[CH]c2ccc(OC)c(F)c2)cc1C. The van der Waals surface area contributed by atoms with Crippen molar-refractivity contribution in [2.45, 2.75) is 13.3 Å². The average Bonchev–Trinajstić information content (AvgIpc) is 2.45. The van der Waals surface area contributed by atoms with Gasteiger partial charge in [-0.1, -0.05) is 18.2 Å². The predicted octanol–water partition coefficient (Wildman–Crippen LogP) is 3.95. The summed E-state index contributed by atoms with van der Waals surface area (Å²) in [7, 11) is 3.12. The van der Waals surface area contributed by atoms with Crippen LogP contribution in [0.2, 0.25) is 0 Å². The summed E-state index contributed by atoms with van der Waals surface area (Å²) in [6.07, 6.45) is 2.74. The third-order valence-corrected chi connectivity index (χ3v) is 3.21. The first kappa shape index (κ1) is 14.4. The summed E-state index contributed by atoms with van der Waals surface area (Å²) >= 11 is 0. The molecule has 0 saturated carbocycles. The summed E-state index contributed by atoms with van der Waals surface area (Å²) in [4.78, 5) is 0. The number of ether oxygens (including phenoxy) is 2. The van der Waals surface area contributed by atoms with Gasteiger partial charge in [-0.3, -0.25) is 0 Å². The van der Waals surface area contributed by atoms with E-state index in [1.54, 1.807) is 13.2 Å². The maximum atomic E-state index is 13.6. The molecule has 20 heavy (non-hydrogen) atoms. The van der Waals surface area contributed by atoms with Crippen molar-refractivity contribution < 1.29 is 13.9 Å². The van der Waals surface area contributed by atoms with Crippen LogP contribution in [0.15, 0.2) is 36.4 Å². The highest BCUT2D eigenvalue weighted by atomic mass is 19.1. The second-order valence-corrected chi connectivity index (χ2v) is 4.61. The van der Waals surface area contributed by atoms with Crippen LogP contribution in [-0.2, 0) is 6.42 Å². The van der Waals surface area contributed by atoms with E-state index in [1.807, 2.05) is 31.5 Å². The first-order valence-corrected chi connectivity index (χ1v) is 6.44. The molecule has 0 aliphatic heterocycles. The minimum atomic E-state index is -0.341. The third-order valence-electron chi connectivity index (χ3n) is 3.21. The summed E-state index contributed by atoms with van der Waals surface area (Å²) in [5, 5.41) is 0. The predicted molar refractivity (Wildman–Crippen MR) is 77.8 cm³/mol. The molecule has 2 aromatic rings. The minimum Gasteiger partial charge on any atom is -0.496 e. The first-order valence-electron chi connectivity index (χ1n) is 6.44. The minimum absolute atomic E-state index is 0.266. The van der Waals surface area contributed by atoms with Gasteiger partial charge in [-0.15, -0.1) is 0 Å². The smallest absolute Gasteiger partial charge is 0.165 e. The zero-order valence-electron chi connectivity index (χ0n) is 11.9. The number of halogens is 1. The van der Waals surface area contributed by atoms with Crippen LogP contribution >= 0.6 is 0 Å². The average molecular weight is 273 g/mol. The number of aryl methyl sites for hydroxylation is 1. The van der Waals surface area contributed by atoms with Crippen molar-refractivity contribution in [2.75, 3.05) is 14.2 Å². The quantitative estimate of drug-likeness (QED) is 0.821. The summed E-state index contributed by atoms with van der Waals surface area (Å²) in [5.41, 5.74) is 3.11. The topological polar surface area (TPSA) is 18.5 Å². The van der Waals surface area contributed by atoms with E-state index in [9.17, 15) is 4.39 Å².